The second-order valence-electron chi connectivity index (χ2n) is 7.04. The summed E-state index contributed by atoms with van der Waals surface area (Å²) in [5.41, 5.74) is 5.15. The topological polar surface area (TPSA) is 32.7 Å². The maximum absolute atomic E-state index is 10.3. The van der Waals surface area contributed by atoms with Crippen LogP contribution in [0.2, 0.25) is 0 Å². The number of benzene rings is 2. The molecule has 1 N–H and O–H groups in total. The molecule has 1 fully saturated rings. The van der Waals surface area contributed by atoms with Crippen LogP contribution in [-0.2, 0) is 0 Å². The highest BCUT2D eigenvalue weighted by Gasteiger charge is 2.32. The number of hydrogen-bond acceptors (Lipinski definition) is 4. The van der Waals surface area contributed by atoms with E-state index in [1.54, 1.807) is 18.9 Å². The van der Waals surface area contributed by atoms with Gasteiger partial charge in [-0.3, -0.25) is 4.90 Å². The summed E-state index contributed by atoms with van der Waals surface area (Å²) in [5.74, 6) is 0.730. The van der Waals surface area contributed by atoms with E-state index in [9.17, 15) is 5.11 Å². The molecule has 2 aliphatic heterocycles. The lowest BCUT2D eigenvalue weighted by atomic mass is 9.86. The summed E-state index contributed by atoms with van der Waals surface area (Å²) in [6.45, 7) is 2.13. The molecule has 0 bridgehead atoms. The normalized spacial score (nSPS) is 20.3. The predicted octanol–water partition coefficient (Wildman–Crippen LogP) is 4.90. The Balaban J connectivity index is 1.79. The second kappa shape index (κ2) is 7.37. The van der Waals surface area contributed by atoms with Gasteiger partial charge in [-0.15, -0.1) is 11.8 Å². The van der Waals surface area contributed by atoms with Gasteiger partial charge in [-0.25, -0.2) is 0 Å². The third-order valence-electron chi connectivity index (χ3n) is 5.63. The fourth-order valence-electron chi connectivity index (χ4n) is 4.22. The summed E-state index contributed by atoms with van der Waals surface area (Å²) in [6.07, 6.45) is 5.76. The zero-order chi connectivity index (χ0) is 18.1. The van der Waals surface area contributed by atoms with Crippen molar-refractivity contribution < 1.29 is 9.84 Å². The fourth-order valence-corrected chi connectivity index (χ4v) is 4.63. The van der Waals surface area contributed by atoms with Crippen molar-refractivity contribution in [3.8, 4) is 11.5 Å². The Hall–Kier alpha value is -1.91. The molecular weight excluding hydrogens is 342 g/mol. The SMILES string of the molecule is COc1ccc(C2=C(c3ccc(SC)cc3)CC3CCCN3C2)cc1O. The Morgan fingerprint density at radius 1 is 1.08 bits per heavy atom. The zero-order valence-electron chi connectivity index (χ0n) is 15.4. The van der Waals surface area contributed by atoms with Gasteiger partial charge in [-0.2, -0.15) is 0 Å². The minimum Gasteiger partial charge on any atom is -0.504 e. The van der Waals surface area contributed by atoms with Crippen LogP contribution in [0.3, 0.4) is 0 Å². The van der Waals surface area contributed by atoms with Gasteiger partial charge in [0.2, 0.25) is 0 Å². The van der Waals surface area contributed by atoms with Crippen molar-refractivity contribution in [3.05, 3.63) is 53.6 Å². The molecule has 1 atom stereocenters. The van der Waals surface area contributed by atoms with Crippen LogP contribution in [0, 0.1) is 0 Å². The Kier molecular flexibility index (Phi) is 4.96. The van der Waals surface area contributed by atoms with Crippen LogP contribution in [0.25, 0.3) is 11.1 Å². The summed E-state index contributed by atoms with van der Waals surface area (Å²) in [7, 11) is 1.59. The molecule has 2 aliphatic rings. The lowest BCUT2D eigenvalue weighted by Gasteiger charge is -2.34. The molecule has 0 aromatic heterocycles. The molecule has 2 heterocycles. The smallest absolute Gasteiger partial charge is 0.160 e. The third-order valence-corrected chi connectivity index (χ3v) is 6.37. The monoisotopic (exact) mass is 367 g/mol. The number of fused-ring (bicyclic) bond motifs is 1. The van der Waals surface area contributed by atoms with Crippen LogP contribution in [0.4, 0.5) is 0 Å². The number of nitrogens with zero attached hydrogens (tertiary/aromatic N) is 1. The van der Waals surface area contributed by atoms with E-state index in [4.69, 9.17) is 4.74 Å². The van der Waals surface area contributed by atoms with Gasteiger partial charge in [0, 0.05) is 17.5 Å². The number of hydrogen-bond donors (Lipinski definition) is 1. The number of phenols is 1. The van der Waals surface area contributed by atoms with E-state index in [0.29, 0.717) is 11.8 Å². The molecule has 0 spiro atoms. The number of methoxy groups -OCH3 is 1. The highest BCUT2D eigenvalue weighted by molar-refractivity contribution is 7.98. The summed E-state index contributed by atoms with van der Waals surface area (Å²) in [4.78, 5) is 3.88. The first-order valence-electron chi connectivity index (χ1n) is 9.17. The van der Waals surface area contributed by atoms with E-state index in [1.165, 1.54) is 41.0 Å². The van der Waals surface area contributed by atoms with Crippen LogP contribution in [0.15, 0.2) is 47.4 Å². The Morgan fingerprint density at radius 2 is 1.85 bits per heavy atom. The summed E-state index contributed by atoms with van der Waals surface area (Å²) < 4.78 is 5.21. The Bertz CT molecular complexity index is 829. The number of phenolic OH excluding ortho intramolecular Hbond substituents is 1. The summed E-state index contributed by atoms with van der Waals surface area (Å²) in [5, 5.41) is 10.3. The second-order valence-corrected chi connectivity index (χ2v) is 7.92. The quantitative estimate of drug-likeness (QED) is 0.779. The van der Waals surface area contributed by atoms with Crippen LogP contribution in [0.5, 0.6) is 11.5 Å². The van der Waals surface area contributed by atoms with Crippen LogP contribution >= 0.6 is 11.8 Å². The number of thioether (sulfide) groups is 1. The molecule has 1 unspecified atom stereocenters. The fraction of sp³-hybridized carbons (Fsp3) is 0.364. The lowest BCUT2D eigenvalue weighted by Crippen LogP contribution is -2.35. The maximum Gasteiger partial charge on any atom is 0.160 e. The summed E-state index contributed by atoms with van der Waals surface area (Å²) in [6, 6.07) is 15.3. The average molecular weight is 368 g/mol. The van der Waals surface area contributed by atoms with Crippen LogP contribution in [-0.4, -0.2) is 42.5 Å². The molecule has 0 amide bonds. The molecule has 0 radical (unpaired) electrons. The minimum atomic E-state index is 0.207. The van der Waals surface area contributed by atoms with Crippen molar-refractivity contribution in [2.24, 2.45) is 0 Å². The molecule has 1 saturated heterocycles. The van der Waals surface area contributed by atoms with E-state index >= 15 is 0 Å². The van der Waals surface area contributed by atoms with Gasteiger partial charge in [0.15, 0.2) is 11.5 Å². The maximum atomic E-state index is 10.3. The molecule has 4 rings (SSSR count). The highest BCUT2D eigenvalue weighted by Crippen LogP contribution is 2.41. The third kappa shape index (κ3) is 3.24. The Morgan fingerprint density at radius 3 is 2.54 bits per heavy atom. The molecule has 26 heavy (non-hydrogen) atoms. The lowest BCUT2D eigenvalue weighted by molar-refractivity contribution is 0.281. The first-order valence-corrected chi connectivity index (χ1v) is 10.4. The van der Waals surface area contributed by atoms with Crippen molar-refractivity contribution >= 4 is 22.9 Å². The molecule has 2 aromatic carbocycles. The van der Waals surface area contributed by atoms with Gasteiger partial charge < -0.3 is 9.84 Å². The number of aromatic hydroxyl groups is 1. The van der Waals surface area contributed by atoms with Crippen LogP contribution < -0.4 is 4.74 Å². The van der Waals surface area contributed by atoms with Gasteiger partial charge in [-0.05, 0) is 78.6 Å². The van der Waals surface area contributed by atoms with Gasteiger partial charge in [0.25, 0.3) is 0 Å². The van der Waals surface area contributed by atoms with Crippen LogP contribution in [0.1, 0.15) is 30.4 Å². The van der Waals surface area contributed by atoms with E-state index in [2.05, 4.69) is 41.5 Å². The number of ether oxygens (including phenoxy) is 1. The molecular formula is C22H25NO2S. The largest absolute Gasteiger partial charge is 0.504 e. The average Bonchev–Trinajstić information content (AvgIpc) is 3.14. The van der Waals surface area contributed by atoms with Gasteiger partial charge in [0.1, 0.15) is 0 Å². The summed E-state index contributed by atoms with van der Waals surface area (Å²) >= 11 is 1.77. The van der Waals surface area contributed by atoms with Crippen molar-refractivity contribution in [1.82, 2.24) is 4.90 Å². The standard InChI is InChI=1S/C22H25NO2S/c1-25-22-10-7-16(12-21(22)24)20-14-23-11-3-4-17(23)13-19(20)15-5-8-18(26-2)9-6-15/h5-10,12,17,24H,3-4,11,13-14H2,1-2H3. The van der Waals surface area contributed by atoms with E-state index in [1.807, 2.05) is 12.1 Å². The Labute approximate surface area is 159 Å². The predicted molar refractivity (Wildman–Crippen MR) is 109 cm³/mol. The number of rotatable bonds is 4. The molecule has 3 nitrogen and oxygen atoms in total. The first-order chi connectivity index (χ1) is 12.7. The minimum absolute atomic E-state index is 0.207. The molecule has 0 saturated carbocycles. The first kappa shape index (κ1) is 17.5. The van der Waals surface area contributed by atoms with Crippen molar-refractivity contribution in [2.75, 3.05) is 26.5 Å². The molecule has 136 valence electrons. The van der Waals surface area contributed by atoms with Gasteiger partial charge in [-0.1, -0.05) is 18.2 Å². The van der Waals surface area contributed by atoms with E-state index in [-0.39, 0.29) is 5.75 Å². The van der Waals surface area contributed by atoms with Gasteiger partial charge in [0.05, 0.1) is 7.11 Å². The highest BCUT2D eigenvalue weighted by atomic mass is 32.2. The van der Waals surface area contributed by atoms with Crippen molar-refractivity contribution in [1.29, 1.82) is 0 Å². The van der Waals surface area contributed by atoms with E-state index in [0.717, 1.165) is 18.5 Å². The zero-order valence-corrected chi connectivity index (χ0v) is 16.2. The van der Waals surface area contributed by atoms with Gasteiger partial charge >= 0.3 is 0 Å². The molecule has 0 aliphatic carbocycles. The van der Waals surface area contributed by atoms with Crippen molar-refractivity contribution in [3.63, 3.8) is 0 Å². The van der Waals surface area contributed by atoms with E-state index < -0.39 is 0 Å². The molecule has 2 aromatic rings. The molecule has 4 heteroatoms. The van der Waals surface area contributed by atoms with Crippen molar-refractivity contribution in [2.45, 2.75) is 30.2 Å².